The Morgan fingerprint density at radius 1 is 1.27 bits per heavy atom. The quantitative estimate of drug-likeness (QED) is 0.493. The van der Waals surface area contributed by atoms with Crippen molar-refractivity contribution in [1.29, 1.82) is 5.26 Å². The molecule has 0 saturated heterocycles. The van der Waals surface area contributed by atoms with E-state index >= 15 is 0 Å². The van der Waals surface area contributed by atoms with Crippen LogP contribution in [-0.4, -0.2) is 43.8 Å². The van der Waals surface area contributed by atoms with Crippen LogP contribution in [0.25, 0.3) is 6.08 Å². The molecular weight excluding hydrogens is 390 g/mol. The lowest BCUT2D eigenvalue weighted by Gasteiger charge is -2.15. The van der Waals surface area contributed by atoms with Crippen LogP contribution in [0.2, 0.25) is 0 Å². The second-order valence-corrected chi connectivity index (χ2v) is 6.71. The summed E-state index contributed by atoms with van der Waals surface area (Å²) in [6.07, 6.45) is 5.42. The number of carbonyl (C=O) groups is 3. The van der Waals surface area contributed by atoms with Gasteiger partial charge in [0.25, 0.3) is 5.91 Å². The summed E-state index contributed by atoms with van der Waals surface area (Å²) < 4.78 is 15.5. The van der Waals surface area contributed by atoms with Gasteiger partial charge in [0.2, 0.25) is 0 Å². The van der Waals surface area contributed by atoms with Crippen molar-refractivity contribution in [2.45, 2.75) is 44.8 Å². The third-order valence-electron chi connectivity index (χ3n) is 4.48. The number of carbonyl (C=O) groups excluding carboxylic acids is 3. The molecule has 2 rings (SSSR count). The molecule has 0 spiro atoms. The van der Waals surface area contributed by atoms with Gasteiger partial charge < -0.3 is 19.5 Å². The SMILES string of the molecule is COc1cc(/C=C/C(=O)O[C@H](C)C(=O)NC(=O)NC2CCCC2)ccc1OCC#N. The summed E-state index contributed by atoms with van der Waals surface area (Å²) in [4.78, 5) is 35.8. The van der Waals surface area contributed by atoms with E-state index < -0.39 is 24.0 Å². The van der Waals surface area contributed by atoms with Crippen LogP contribution in [0.15, 0.2) is 24.3 Å². The minimum Gasteiger partial charge on any atom is -0.493 e. The Morgan fingerprint density at radius 3 is 2.67 bits per heavy atom. The topological polar surface area (TPSA) is 127 Å². The van der Waals surface area contributed by atoms with E-state index in [1.165, 1.54) is 20.1 Å². The first kappa shape index (κ1) is 22.7. The first-order valence-corrected chi connectivity index (χ1v) is 9.60. The van der Waals surface area contributed by atoms with Crippen LogP contribution in [0.5, 0.6) is 11.5 Å². The molecule has 3 amide bonds. The molecule has 9 heteroatoms. The van der Waals surface area contributed by atoms with Crippen molar-refractivity contribution in [3.8, 4) is 17.6 Å². The van der Waals surface area contributed by atoms with Crippen molar-refractivity contribution in [2.75, 3.05) is 13.7 Å². The second-order valence-electron chi connectivity index (χ2n) is 6.71. The number of nitrogens with zero attached hydrogens (tertiary/aromatic N) is 1. The van der Waals surface area contributed by atoms with Gasteiger partial charge in [0.1, 0.15) is 6.07 Å². The van der Waals surface area contributed by atoms with E-state index in [0.29, 0.717) is 17.1 Å². The number of amides is 3. The van der Waals surface area contributed by atoms with Crippen molar-refractivity contribution >= 4 is 24.0 Å². The van der Waals surface area contributed by atoms with Gasteiger partial charge in [0.15, 0.2) is 24.2 Å². The third kappa shape index (κ3) is 7.13. The highest BCUT2D eigenvalue weighted by Gasteiger charge is 2.22. The van der Waals surface area contributed by atoms with Crippen LogP contribution >= 0.6 is 0 Å². The zero-order valence-electron chi connectivity index (χ0n) is 17.0. The van der Waals surface area contributed by atoms with E-state index in [1.807, 2.05) is 6.07 Å². The second kappa shape index (κ2) is 11.5. The van der Waals surface area contributed by atoms with Gasteiger partial charge in [-0.05, 0) is 43.5 Å². The van der Waals surface area contributed by atoms with Gasteiger partial charge in [0, 0.05) is 12.1 Å². The number of urea groups is 1. The summed E-state index contributed by atoms with van der Waals surface area (Å²) in [7, 11) is 1.46. The van der Waals surface area contributed by atoms with Crippen LogP contribution in [0, 0.1) is 11.3 Å². The lowest BCUT2D eigenvalue weighted by molar-refractivity contribution is -0.149. The number of rotatable bonds is 8. The van der Waals surface area contributed by atoms with Crippen LogP contribution in [0.3, 0.4) is 0 Å². The van der Waals surface area contributed by atoms with Gasteiger partial charge in [-0.25, -0.2) is 9.59 Å². The first-order valence-electron chi connectivity index (χ1n) is 9.60. The molecule has 0 aromatic heterocycles. The maximum absolute atomic E-state index is 12.0. The highest BCUT2D eigenvalue weighted by molar-refractivity contribution is 5.98. The molecule has 0 aliphatic heterocycles. The molecule has 1 atom stereocenters. The standard InChI is InChI=1S/C21H25N3O6/c1-14(20(26)24-21(27)23-16-5-3-4-6-16)30-19(25)10-8-15-7-9-17(29-12-11-22)18(13-15)28-2/h7-10,13-14,16H,3-6,12H2,1-2H3,(H2,23,24,26,27)/b10-8+/t14-/m1/s1. The van der Waals surface area contributed by atoms with Gasteiger partial charge in [-0.1, -0.05) is 18.9 Å². The molecule has 160 valence electrons. The number of nitrogens with one attached hydrogen (secondary N) is 2. The van der Waals surface area contributed by atoms with Crippen molar-refractivity contribution in [1.82, 2.24) is 10.6 Å². The predicted octanol–water partition coefficient (Wildman–Crippen LogP) is 2.31. The van der Waals surface area contributed by atoms with Gasteiger partial charge in [-0.2, -0.15) is 5.26 Å². The Hall–Kier alpha value is -3.54. The molecule has 0 radical (unpaired) electrons. The Morgan fingerprint density at radius 2 is 2.00 bits per heavy atom. The van der Waals surface area contributed by atoms with Crippen LogP contribution in [-0.2, 0) is 14.3 Å². The van der Waals surface area contributed by atoms with E-state index in [0.717, 1.165) is 31.8 Å². The zero-order chi connectivity index (χ0) is 21.9. The molecule has 1 aliphatic rings. The lowest BCUT2D eigenvalue weighted by Crippen LogP contribution is -2.47. The summed E-state index contributed by atoms with van der Waals surface area (Å²) in [6.45, 7) is 1.27. The molecule has 9 nitrogen and oxygen atoms in total. The molecule has 30 heavy (non-hydrogen) atoms. The highest BCUT2D eigenvalue weighted by Crippen LogP contribution is 2.28. The fourth-order valence-corrected chi connectivity index (χ4v) is 2.95. The molecule has 0 unspecified atom stereocenters. The average Bonchev–Trinajstić information content (AvgIpc) is 3.23. The summed E-state index contributed by atoms with van der Waals surface area (Å²) in [5, 5.41) is 13.5. The van der Waals surface area contributed by atoms with Crippen molar-refractivity contribution in [3.05, 3.63) is 29.8 Å². The summed E-state index contributed by atoms with van der Waals surface area (Å²) in [5.74, 6) is -0.632. The fourth-order valence-electron chi connectivity index (χ4n) is 2.95. The average molecular weight is 415 g/mol. The summed E-state index contributed by atoms with van der Waals surface area (Å²) in [5.41, 5.74) is 0.626. The van der Waals surface area contributed by atoms with Crippen molar-refractivity contribution < 1.29 is 28.6 Å². The van der Waals surface area contributed by atoms with Gasteiger partial charge >= 0.3 is 12.0 Å². The molecule has 0 heterocycles. The maximum atomic E-state index is 12.0. The Labute approximate surface area is 175 Å². The number of nitriles is 1. The number of hydrogen-bond donors (Lipinski definition) is 2. The Bertz CT molecular complexity index is 840. The number of esters is 1. The summed E-state index contributed by atoms with van der Waals surface area (Å²) in [6, 6.07) is 6.26. The van der Waals surface area contributed by atoms with Gasteiger partial charge in [-0.3, -0.25) is 10.1 Å². The third-order valence-corrected chi connectivity index (χ3v) is 4.48. The smallest absolute Gasteiger partial charge is 0.331 e. The minimum absolute atomic E-state index is 0.0762. The van der Waals surface area contributed by atoms with E-state index in [4.69, 9.17) is 19.5 Å². The van der Waals surface area contributed by atoms with E-state index in [9.17, 15) is 14.4 Å². The van der Waals surface area contributed by atoms with Gasteiger partial charge in [0.05, 0.1) is 7.11 Å². The van der Waals surface area contributed by atoms with Gasteiger partial charge in [-0.15, -0.1) is 0 Å². The molecule has 1 saturated carbocycles. The van der Waals surface area contributed by atoms with E-state index in [1.54, 1.807) is 18.2 Å². The van der Waals surface area contributed by atoms with Crippen molar-refractivity contribution in [3.63, 3.8) is 0 Å². The Kier molecular flexibility index (Phi) is 8.69. The predicted molar refractivity (Wildman–Crippen MR) is 108 cm³/mol. The molecule has 1 aromatic rings. The monoisotopic (exact) mass is 415 g/mol. The molecular formula is C21H25N3O6. The number of methoxy groups -OCH3 is 1. The fraction of sp³-hybridized carbons (Fsp3) is 0.429. The van der Waals surface area contributed by atoms with Crippen LogP contribution < -0.4 is 20.1 Å². The molecule has 1 aromatic carbocycles. The number of imide groups is 1. The zero-order valence-corrected chi connectivity index (χ0v) is 17.0. The Balaban J connectivity index is 1.84. The highest BCUT2D eigenvalue weighted by atomic mass is 16.5. The molecule has 1 aliphatic carbocycles. The number of ether oxygens (including phenoxy) is 3. The van der Waals surface area contributed by atoms with E-state index in [-0.39, 0.29) is 12.6 Å². The molecule has 0 bridgehead atoms. The summed E-state index contributed by atoms with van der Waals surface area (Å²) >= 11 is 0. The minimum atomic E-state index is -1.13. The van der Waals surface area contributed by atoms with Crippen LogP contribution in [0.1, 0.15) is 38.2 Å². The molecule has 2 N–H and O–H groups in total. The number of hydrogen-bond acceptors (Lipinski definition) is 7. The normalized spacial score (nSPS) is 14.6. The molecule has 1 fully saturated rings. The number of benzene rings is 1. The maximum Gasteiger partial charge on any atom is 0.331 e. The largest absolute Gasteiger partial charge is 0.493 e. The van der Waals surface area contributed by atoms with Crippen molar-refractivity contribution in [2.24, 2.45) is 0 Å². The van der Waals surface area contributed by atoms with E-state index in [2.05, 4.69) is 10.6 Å². The van der Waals surface area contributed by atoms with Crippen LogP contribution in [0.4, 0.5) is 4.79 Å². The lowest BCUT2D eigenvalue weighted by atomic mass is 10.2. The first-order chi connectivity index (χ1) is 14.4.